The van der Waals surface area contributed by atoms with Crippen molar-refractivity contribution in [3.63, 3.8) is 0 Å². The summed E-state index contributed by atoms with van der Waals surface area (Å²) in [6.07, 6.45) is -0.528. The monoisotopic (exact) mass is 369 g/mol. The van der Waals surface area contributed by atoms with E-state index in [1.807, 2.05) is 36.4 Å². The molecule has 0 radical (unpaired) electrons. The molecule has 0 bridgehead atoms. The molecular weight excluding hydrogens is 349 g/mol. The molecule has 3 rings (SSSR count). The first-order valence-electron chi connectivity index (χ1n) is 8.44. The number of anilines is 2. The zero-order valence-electron chi connectivity index (χ0n) is 14.8. The molecule has 0 aliphatic carbocycles. The van der Waals surface area contributed by atoms with Crippen LogP contribution < -0.4 is 15.4 Å². The third-order valence-electron chi connectivity index (χ3n) is 4.07. The van der Waals surface area contributed by atoms with Gasteiger partial charge in [0.05, 0.1) is 16.9 Å². The number of benzene rings is 2. The Morgan fingerprint density at radius 2 is 2.07 bits per heavy atom. The number of aliphatic hydroxyl groups excluding tert-OH is 1. The van der Waals surface area contributed by atoms with E-state index in [1.54, 1.807) is 19.2 Å². The number of hydrogen-bond acceptors (Lipinski definition) is 5. The second-order valence-corrected chi connectivity index (χ2v) is 5.95. The summed E-state index contributed by atoms with van der Waals surface area (Å²) in [5, 5.41) is 15.9. The van der Waals surface area contributed by atoms with Crippen LogP contribution in [0.5, 0.6) is 5.75 Å². The zero-order valence-corrected chi connectivity index (χ0v) is 14.8. The molecule has 0 fully saturated rings. The summed E-state index contributed by atoms with van der Waals surface area (Å²) in [7, 11) is 1.76. The lowest BCUT2D eigenvalue weighted by Gasteiger charge is -2.14. The second kappa shape index (κ2) is 8.46. The molecule has 0 saturated carbocycles. The Balaban J connectivity index is 1.92. The third-order valence-corrected chi connectivity index (χ3v) is 4.07. The Kier molecular flexibility index (Phi) is 5.83. The number of carbonyl (C=O) groups is 1. The van der Waals surface area contributed by atoms with Gasteiger partial charge < -0.3 is 20.5 Å². The molecule has 2 aromatic carbocycles. The van der Waals surface area contributed by atoms with Crippen LogP contribution in [-0.4, -0.2) is 42.9 Å². The SMILES string of the molecule is CNc1ccc(-c2ccc3cc(NC=O)ccc3n2)cc1OCC(O)CF. The molecule has 1 heterocycles. The summed E-state index contributed by atoms with van der Waals surface area (Å²) in [5.74, 6) is 0.509. The summed E-state index contributed by atoms with van der Waals surface area (Å²) in [4.78, 5) is 15.2. The van der Waals surface area contributed by atoms with Gasteiger partial charge in [-0.3, -0.25) is 4.79 Å². The largest absolute Gasteiger partial charge is 0.489 e. The second-order valence-electron chi connectivity index (χ2n) is 5.95. The van der Waals surface area contributed by atoms with Crippen LogP contribution in [0.1, 0.15) is 0 Å². The van der Waals surface area contributed by atoms with Crippen molar-refractivity contribution in [2.24, 2.45) is 0 Å². The molecule has 27 heavy (non-hydrogen) atoms. The van der Waals surface area contributed by atoms with E-state index < -0.39 is 12.8 Å². The normalized spacial score (nSPS) is 11.8. The van der Waals surface area contributed by atoms with Gasteiger partial charge in [0.15, 0.2) is 0 Å². The predicted molar refractivity (Wildman–Crippen MR) is 104 cm³/mol. The highest BCUT2D eigenvalue weighted by Crippen LogP contribution is 2.31. The summed E-state index contributed by atoms with van der Waals surface area (Å²) in [5.41, 5.74) is 3.80. The van der Waals surface area contributed by atoms with Gasteiger partial charge in [0.25, 0.3) is 0 Å². The quantitative estimate of drug-likeness (QED) is 0.531. The van der Waals surface area contributed by atoms with Gasteiger partial charge in [-0.1, -0.05) is 12.1 Å². The molecule has 0 saturated heterocycles. The van der Waals surface area contributed by atoms with Crippen LogP contribution in [0.2, 0.25) is 0 Å². The summed E-state index contributed by atoms with van der Waals surface area (Å²) < 4.78 is 18.0. The number of pyridine rings is 1. The van der Waals surface area contributed by atoms with Crippen LogP contribution in [0.15, 0.2) is 48.5 Å². The Labute approximate surface area is 156 Å². The number of amides is 1. The minimum Gasteiger partial charge on any atom is -0.489 e. The number of nitrogens with zero attached hydrogens (tertiary/aromatic N) is 1. The Hall–Kier alpha value is -3.19. The summed E-state index contributed by atoms with van der Waals surface area (Å²) in [6.45, 7) is -0.992. The van der Waals surface area contributed by atoms with Gasteiger partial charge in [-0.05, 0) is 36.4 Å². The smallest absolute Gasteiger partial charge is 0.211 e. The van der Waals surface area contributed by atoms with Gasteiger partial charge in [-0.25, -0.2) is 9.37 Å². The fourth-order valence-electron chi connectivity index (χ4n) is 2.68. The number of aromatic nitrogens is 1. The molecule has 7 heteroatoms. The van der Waals surface area contributed by atoms with E-state index in [1.165, 1.54) is 0 Å². The average molecular weight is 369 g/mol. The van der Waals surface area contributed by atoms with Crippen LogP contribution in [0.3, 0.4) is 0 Å². The molecule has 1 aromatic heterocycles. The maximum absolute atomic E-state index is 12.5. The van der Waals surface area contributed by atoms with Gasteiger partial charge in [0, 0.05) is 23.7 Å². The number of nitrogens with one attached hydrogen (secondary N) is 2. The van der Waals surface area contributed by atoms with E-state index in [0.717, 1.165) is 27.8 Å². The average Bonchev–Trinajstić information content (AvgIpc) is 2.71. The Morgan fingerprint density at radius 1 is 1.22 bits per heavy atom. The van der Waals surface area contributed by atoms with Crippen LogP contribution in [0.4, 0.5) is 15.8 Å². The van der Waals surface area contributed by atoms with Gasteiger partial charge in [0.1, 0.15) is 25.1 Å². The number of alkyl halides is 1. The first-order valence-corrected chi connectivity index (χ1v) is 8.44. The lowest BCUT2D eigenvalue weighted by Crippen LogP contribution is -2.19. The maximum Gasteiger partial charge on any atom is 0.211 e. The van der Waals surface area contributed by atoms with E-state index in [-0.39, 0.29) is 6.61 Å². The first-order chi connectivity index (χ1) is 13.1. The lowest BCUT2D eigenvalue weighted by molar-refractivity contribution is -0.105. The van der Waals surface area contributed by atoms with E-state index in [0.29, 0.717) is 17.8 Å². The van der Waals surface area contributed by atoms with Crippen molar-refractivity contribution in [3.05, 3.63) is 48.5 Å². The van der Waals surface area contributed by atoms with Crippen molar-refractivity contribution in [1.29, 1.82) is 0 Å². The van der Waals surface area contributed by atoms with Crippen molar-refractivity contribution in [3.8, 4) is 17.0 Å². The highest BCUT2D eigenvalue weighted by molar-refractivity contribution is 5.87. The summed E-state index contributed by atoms with van der Waals surface area (Å²) in [6, 6.07) is 14.8. The topological polar surface area (TPSA) is 83.5 Å². The number of aliphatic hydroxyl groups is 1. The maximum atomic E-state index is 12.5. The van der Waals surface area contributed by atoms with E-state index in [4.69, 9.17) is 4.74 Å². The highest BCUT2D eigenvalue weighted by Gasteiger charge is 2.10. The molecule has 3 aromatic rings. The van der Waals surface area contributed by atoms with Gasteiger partial charge in [-0.15, -0.1) is 0 Å². The van der Waals surface area contributed by atoms with Crippen LogP contribution >= 0.6 is 0 Å². The van der Waals surface area contributed by atoms with E-state index in [9.17, 15) is 14.3 Å². The van der Waals surface area contributed by atoms with Crippen LogP contribution in [0, 0.1) is 0 Å². The molecule has 6 nitrogen and oxygen atoms in total. The van der Waals surface area contributed by atoms with E-state index in [2.05, 4.69) is 15.6 Å². The first kappa shape index (κ1) is 18.6. The number of hydrogen-bond donors (Lipinski definition) is 3. The molecule has 0 aliphatic heterocycles. The van der Waals surface area contributed by atoms with Crippen molar-refractivity contribution >= 4 is 28.7 Å². The van der Waals surface area contributed by atoms with Crippen molar-refractivity contribution in [1.82, 2.24) is 4.98 Å². The Bertz CT molecular complexity index is 949. The highest BCUT2D eigenvalue weighted by atomic mass is 19.1. The van der Waals surface area contributed by atoms with E-state index >= 15 is 0 Å². The van der Waals surface area contributed by atoms with Gasteiger partial charge in [-0.2, -0.15) is 0 Å². The number of carbonyl (C=O) groups excluding carboxylic acids is 1. The predicted octanol–water partition coefficient (Wildman–Crippen LogP) is 3.22. The van der Waals surface area contributed by atoms with Crippen LogP contribution in [-0.2, 0) is 4.79 Å². The fourth-order valence-corrected chi connectivity index (χ4v) is 2.68. The molecule has 3 N–H and O–H groups in total. The molecular formula is C20H20FN3O3. The standard InChI is InChI=1S/C20H20FN3O3/c1-22-19-6-3-14(9-20(19)27-11-16(26)10-21)17-5-2-13-8-15(23-12-25)4-7-18(13)24-17/h2-9,12,16,22,26H,10-11H2,1H3,(H,23,25). The number of ether oxygens (including phenoxy) is 1. The third kappa shape index (κ3) is 4.32. The molecule has 1 amide bonds. The zero-order chi connectivity index (χ0) is 19.2. The number of fused-ring (bicyclic) bond motifs is 1. The minimum absolute atomic E-state index is 0.133. The molecule has 140 valence electrons. The van der Waals surface area contributed by atoms with Gasteiger partial charge in [0.2, 0.25) is 6.41 Å². The van der Waals surface area contributed by atoms with Crippen molar-refractivity contribution in [2.75, 3.05) is 31.0 Å². The molecule has 1 atom stereocenters. The number of rotatable bonds is 8. The van der Waals surface area contributed by atoms with Gasteiger partial charge >= 0.3 is 0 Å². The minimum atomic E-state index is -1.16. The fraction of sp³-hybridized carbons (Fsp3) is 0.200. The van der Waals surface area contributed by atoms with Crippen molar-refractivity contribution < 1.29 is 19.0 Å². The van der Waals surface area contributed by atoms with Crippen LogP contribution in [0.25, 0.3) is 22.2 Å². The summed E-state index contributed by atoms with van der Waals surface area (Å²) >= 11 is 0. The lowest BCUT2D eigenvalue weighted by atomic mass is 10.1. The number of halogens is 1. The van der Waals surface area contributed by atoms with Crippen molar-refractivity contribution in [2.45, 2.75) is 6.10 Å². The molecule has 1 unspecified atom stereocenters. The molecule has 0 aliphatic rings. The molecule has 0 spiro atoms. The Morgan fingerprint density at radius 3 is 2.81 bits per heavy atom.